The van der Waals surface area contributed by atoms with E-state index in [1.54, 1.807) is 25.3 Å². The average Bonchev–Trinajstić information content (AvgIpc) is 2.52. The van der Waals surface area contributed by atoms with E-state index in [9.17, 15) is 9.59 Å². The molecule has 2 rings (SSSR count). The first-order chi connectivity index (χ1) is 10.2. The number of methoxy groups -OCH3 is 1. The molecule has 0 bridgehead atoms. The zero-order valence-electron chi connectivity index (χ0n) is 12.0. The molecule has 1 aliphatic rings. The molecule has 1 aromatic carbocycles. The van der Waals surface area contributed by atoms with Gasteiger partial charge in [0.25, 0.3) is 0 Å². The molecular formula is C15H19NO5. The van der Waals surface area contributed by atoms with Gasteiger partial charge in [0.15, 0.2) is 17.3 Å². The minimum atomic E-state index is -0.155. The first-order valence-electron chi connectivity index (χ1n) is 6.89. The van der Waals surface area contributed by atoms with Crippen molar-refractivity contribution < 1.29 is 23.8 Å². The van der Waals surface area contributed by atoms with Crippen LogP contribution in [0.3, 0.4) is 0 Å². The Bertz CT molecular complexity index is 515. The molecule has 6 heteroatoms. The molecule has 0 atom stereocenters. The summed E-state index contributed by atoms with van der Waals surface area (Å²) in [4.78, 5) is 23.6. The largest absolute Gasteiger partial charge is 0.486 e. The number of carbonyl (C=O) groups is 2. The molecule has 0 radical (unpaired) electrons. The topological polar surface area (TPSA) is 73.9 Å². The predicted molar refractivity (Wildman–Crippen MR) is 75.9 cm³/mol. The van der Waals surface area contributed by atoms with Gasteiger partial charge in [-0.25, -0.2) is 0 Å². The van der Waals surface area contributed by atoms with Crippen molar-refractivity contribution in [1.29, 1.82) is 0 Å². The van der Waals surface area contributed by atoms with E-state index in [1.165, 1.54) is 0 Å². The third-order valence-electron chi connectivity index (χ3n) is 3.07. The normalized spacial score (nSPS) is 12.8. The SMILES string of the molecule is COCCNC(=O)CCC(=O)c1ccc2c(c1)OCCO2. The van der Waals surface area contributed by atoms with Gasteiger partial charge in [0.1, 0.15) is 13.2 Å². The van der Waals surface area contributed by atoms with E-state index in [-0.39, 0.29) is 24.5 Å². The molecule has 0 saturated carbocycles. The summed E-state index contributed by atoms with van der Waals surface area (Å²) in [5, 5.41) is 2.68. The first kappa shape index (κ1) is 15.3. The monoisotopic (exact) mass is 293 g/mol. The zero-order valence-corrected chi connectivity index (χ0v) is 12.0. The predicted octanol–water partition coefficient (Wildman–Crippen LogP) is 1.18. The third-order valence-corrected chi connectivity index (χ3v) is 3.07. The molecule has 1 aliphatic heterocycles. The number of fused-ring (bicyclic) bond motifs is 1. The standard InChI is InChI=1S/C15H19NO5/c1-19-7-6-16-15(18)5-3-12(17)11-2-4-13-14(10-11)21-9-8-20-13/h2,4,10H,3,5-9H2,1H3,(H,16,18). The fourth-order valence-electron chi connectivity index (χ4n) is 1.97. The number of ketones is 1. The van der Waals surface area contributed by atoms with Gasteiger partial charge in [-0.3, -0.25) is 9.59 Å². The second kappa shape index (κ2) is 7.64. The highest BCUT2D eigenvalue weighted by Crippen LogP contribution is 2.31. The van der Waals surface area contributed by atoms with Gasteiger partial charge >= 0.3 is 0 Å². The smallest absolute Gasteiger partial charge is 0.220 e. The van der Waals surface area contributed by atoms with Crippen LogP contribution in [0, 0.1) is 0 Å². The van der Waals surface area contributed by atoms with E-state index >= 15 is 0 Å². The molecule has 0 aliphatic carbocycles. The van der Waals surface area contributed by atoms with Gasteiger partial charge in [-0.2, -0.15) is 0 Å². The van der Waals surface area contributed by atoms with E-state index in [1.807, 2.05) is 0 Å². The van der Waals surface area contributed by atoms with Crippen LogP contribution in [0.15, 0.2) is 18.2 Å². The molecule has 0 unspecified atom stereocenters. The summed E-state index contributed by atoms with van der Waals surface area (Å²) in [5.74, 6) is 0.985. The molecular weight excluding hydrogens is 274 g/mol. The number of rotatable bonds is 7. The lowest BCUT2D eigenvalue weighted by Gasteiger charge is -2.18. The van der Waals surface area contributed by atoms with Crippen molar-refractivity contribution >= 4 is 11.7 Å². The summed E-state index contributed by atoms with van der Waals surface area (Å²) >= 11 is 0. The first-order valence-corrected chi connectivity index (χ1v) is 6.89. The Morgan fingerprint density at radius 3 is 2.71 bits per heavy atom. The number of ether oxygens (including phenoxy) is 3. The molecule has 1 N–H and O–H groups in total. The summed E-state index contributed by atoms with van der Waals surface area (Å²) in [6, 6.07) is 5.08. The maximum atomic E-state index is 12.1. The Labute approximate surface area is 123 Å². The number of hydrogen-bond acceptors (Lipinski definition) is 5. The van der Waals surface area contributed by atoms with Crippen LogP contribution < -0.4 is 14.8 Å². The van der Waals surface area contributed by atoms with Crippen LogP contribution in [0.5, 0.6) is 11.5 Å². The molecule has 1 aromatic rings. The Morgan fingerprint density at radius 1 is 1.19 bits per heavy atom. The highest BCUT2D eigenvalue weighted by Gasteiger charge is 2.15. The van der Waals surface area contributed by atoms with Gasteiger partial charge < -0.3 is 19.5 Å². The lowest BCUT2D eigenvalue weighted by molar-refractivity contribution is -0.121. The highest BCUT2D eigenvalue weighted by atomic mass is 16.6. The fourth-order valence-corrected chi connectivity index (χ4v) is 1.97. The quantitative estimate of drug-likeness (QED) is 0.603. The fraction of sp³-hybridized carbons (Fsp3) is 0.467. The lowest BCUT2D eigenvalue weighted by Crippen LogP contribution is -2.27. The van der Waals surface area contributed by atoms with E-state index in [0.717, 1.165) is 0 Å². The number of amides is 1. The van der Waals surface area contributed by atoms with Crippen molar-refractivity contribution in [3.63, 3.8) is 0 Å². The van der Waals surface area contributed by atoms with Crippen molar-refractivity contribution in [2.45, 2.75) is 12.8 Å². The second-order valence-corrected chi connectivity index (χ2v) is 4.62. The van der Waals surface area contributed by atoms with Crippen LogP contribution in [0.4, 0.5) is 0 Å². The van der Waals surface area contributed by atoms with Gasteiger partial charge in [0.05, 0.1) is 6.61 Å². The van der Waals surface area contributed by atoms with Gasteiger partial charge in [0, 0.05) is 32.1 Å². The molecule has 1 heterocycles. The summed E-state index contributed by atoms with van der Waals surface area (Å²) in [5.41, 5.74) is 0.531. The minimum absolute atomic E-state index is 0.0890. The minimum Gasteiger partial charge on any atom is -0.486 e. The number of nitrogens with one attached hydrogen (secondary N) is 1. The van der Waals surface area contributed by atoms with Crippen LogP contribution in [0.1, 0.15) is 23.2 Å². The maximum absolute atomic E-state index is 12.1. The Balaban J connectivity index is 1.84. The summed E-state index contributed by atoms with van der Waals surface area (Å²) in [7, 11) is 1.57. The molecule has 0 spiro atoms. The van der Waals surface area contributed by atoms with Crippen LogP contribution in [0.25, 0.3) is 0 Å². The van der Waals surface area contributed by atoms with E-state index in [2.05, 4.69) is 5.32 Å². The van der Waals surface area contributed by atoms with Gasteiger partial charge in [-0.15, -0.1) is 0 Å². The van der Waals surface area contributed by atoms with Crippen molar-refractivity contribution in [2.24, 2.45) is 0 Å². The van der Waals surface area contributed by atoms with E-state index in [0.29, 0.717) is 43.4 Å². The molecule has 21 heavy (non-hydrogen) atoms. The van der Waals surface area contributed by atoms with Gasteiger partial charge in [-0.05, 0) is 18.2 Å². The number of carbonyl (C=O) groups excluding carboxylic acids is 2. The van der Waals surface area contributed by atoms with Crippen molar-refractivity contribution in [3.05, 3.63) is 23.8 Å². The summed E-state index contributed by atoms with van der Waals surface area (Å²) < 4.78 is 15.7. The zero-order chi connectivity index (χ0) is 15.1. The maximum Gasteiger partial charge on any atom is 0.220 e. The Morgan fingerprint density at radius 2 is 1.95 bits per heavy atom. The molecule has 0 saturated heterocycles. The number of Topliss-reactive ketones (excluding diaryl/α,β-unsaturated/α-hetero) is 1. The summed E-state index contributed by atoms with van der Waals surface area (Å²) in [6.45, 7) is 1.91. The van der Waals surface area contributed by atoms with Crippen LogP contribution in [-0.2, 0) is 9.53 Å². The molecule has 114 valence electrons. The molecule has 0 aromatic heterocycles. The van der Waals surface area contributed by atoms with Crippen LogP contribution >= 0.6 is 0 Å². The van der Waals surface area contributed by atoms with E-state index in [4.69, 9.17) is 14.2 Å². The van der Waals surface area contributed by atoms with Crippen molar-refractivity contribution in [1.82, 2.24) is 5.32 Å². The van der Waals surface area contributed by atoms with Crippen LogP contribution in [-0.4, -0.2) is 45.2 Å². The summed E-state index contributed by atoms with van der Waals surface area (Å²) in [6.07, 6.45) is 0.329. The number of hydrogen-bond donors (Lipinski definition) is 1. The highest BCUT2D eigenvalue weighted by molar-refractivity contribution is 5.98. The molecule has 0 fully saturated rings. The lowest BCUT2D eigenvalue weighted by atomic mass is 10.1. The molecule has 6 nitrogen and oxygen atoms in total. The molecule has 1 amide bonds. The van der Waals surface area contributed by atoms with Crippen molar-refractivity contribution in [2.75, 3.05) is 33.5 Å². The van der Waals surface area contributed by atoms with Crippen LogP contribution in [0.2, 0.25) is 0 Å². The average molecular weight is 293 g/mol. The third kappa shape index (κ3) is 4.46. The Hall–Kier alpha value is -2.08. The second-order valence-electron chi connectivity index (χ2n) is 4.62. The van der Waals surface area contributed by atoms with Gasteiger partial charge in [0.2, 0.25) is 5.91 Å². The Kier molecular flexibility index (Phi) is 5.57. The number of benzene rings is 1. The van der Waals surface area contributed by atoms with E-state index < -0.39 is 0 Å². The van der Waals surface area contributed by atoms with Gasteiger partial charge in [-0.1, -0.05) is 0 Å². The van der Waals surface area contributed by atoms with Crippen molar-refractivity contribution in [3.8, 4) is 11.5 Å².